The summed E-state index contributed by atoms with van der Waals surface area (Å²) in [6.45, 7) is -0.986. The van der Waals surface area contributed by atoms with Crippen LogP contribution in [-0.2, 0) is 4.74 Å². The Hall–Kier alpha value is -0.540. The quantitative estimate of drug-likeness (QED) is 0.805. The highest BCUT2D eigenvalue weighted by molar-refractivity contribution is 4.88. The van der Waals surface area contributed by atoms with Crippen LogP contribution in [0.5, 0.6) is 0 Å². The maximum Gasteiger partial charge on any atom is 0.415 e. The Morgan fingerprint density at radius 1 is 1.21 bits per heavy atom. The fourth-order valence-electron chi connectivity index (χ4n) is 2.09. The third-order valence-corrected chi connectivity index (χ3v) is 2.97. The molecule has 0 saturated carbocycles. The topological polar surface area (TPSA) is 32.7 Å². The van der Waals surface area contributed by atoms with E-state index >= 15 is 0 Å². The molecule has 3 atom stereocenters. The predicted octanol–water partition coefficient (Wildman–Crippen LogP) is 1.95. The first-order valence-electron chi connectivity index (χ1n) is 5.67. The molecule has 1 N–H and O–H groups in total. The van der Waals surface area contributed by atoms with E-state index in [0.717, 1.165) is 7.05 Å². The van der Waals surface area contributed by atoms with Crippen molar-refractivity contribution in [1.82, 2.24) is 4.90 Å². The lowest BCUT2D eigenvalue weighted by molar-refractivity contribution is -0.232. The standard InChI is InChI=1S/C10H15F6NO2/c1-17(5-7(18)9(11,12)13)8(10(14,15)16)6-3-2-4-19-6/h6-8,18H,2-5H2,1H3. The smallest absolute Gasteiger partial charge is 0.382 e. The number of alkyl halides is 6. The molecule has 1 aliphatic rings. The molecule has 0 aromatic heterocycles. The molecule has 0 aromatic carbocycles. The minimum atomic E-state index is -4.94. The number of hydrogen-bond donors (Lipinski definition) is 1. The van der Waals surface area contributed by atoms with E-state index in [1.807, 2.05) is 0 Å². The average molecular weight is 295 g/mol. The largest absolute Gasteiger partial charge is 0.415 e. The molecule has 1 saturated heterocycles. The van der Waals surface area contributed by atoms with Crippen LogP contribution in [0.25, 0.3) is 0 Å². The zero-order valence-electron chi connectivity index (χ0n) is 10.1. The van der Waals surface area contributed by atoms with Crippen molar-refractivity contribution >= 4 is 0 Å². The van der Waals surface area contributed by atoms with E-state index in [0.29, 0.717) is 11.3 Å². The van der Waals surface area contributed by atoms with Crippen molar-refractivity contribution in [3.63, 3.8) is 0 Å². The number of ether oxygens (including phenoxy) is 1. The highest BCUT2D eigenvalue weighted by Gasteiger charge is 2.50. The second-order valence-corrected chi connectivity index (χ2v) is 4.53. The van der Waals surface area contributed by atoms with Gasteiger partial charge in [0, 0.05) is 13.2 Å². The van der Waals surface area contributed by atoms with Crippen LogP contribution in [0.2, 0.25) is 0 Å². The molecule has 1 aliphatic heterocycles. The van der Waals surface area contributed by atoms with Crippen LogP contribution in [0, 0.1) is 0 Å². The van der Waals surface area contributed by atoms with E-state index in [4.69, 9.17) is 9.84 Å². The summed E-state index contributed by atoms with van der Waals surface area (Å²) in [6, 6.07) is -2.15. The van der Waals surface area contributed by atoms with Crippen molar-refractivity contribution in [2.75, 3.05) is 20.2 Å². The van der Waals surface area contributed by atoms with Crippen molar-refractivity contribution in [1.29, 1.82) is 0 Å². The Bertz CT molecular complexity index is 287. The van der Waals surface area contributed by atoms with Gasteiger partial charge >= 0.3 is 12.4 Å². The van der Waals surface area contributed by atoms with Crippen LogP contribution in [0.1, 0.15) is 12.8 Å². The van der Waals surface area contributed by atoms with E-state index in [1.165, 1.54) is 0 Å². The highest BCUT2D eigenvalue weighted by Crippen LogP contribution is 2.33. The van der Waals surface area contributed by atoms with Gasteiger partial charge in [-0.25, -0.2) is 0 Å². The van der Waals surface area contributed by atoms with Gasteiger partial charge < -0.3 is 9.84 Å². The number of nitrogens with zero attached hydrogens (tertiary/aromatic N) is 1. The minimum absolute atomic E-state index is 0.136. The van der Waals surface area contributed by atoms with Gasteiger partial charge in [0.05, 0.1) is 6.10 Å². The average Bonchev–Trinajstić information content (AvgIpc) is 2.66. The summed E-state index contributed by atoms with van der Waals surface area (Å²) < 4.78 is 80.0. The zero-order chi connectivity index (χ0) is 14.8. The van der Waals surface area contributed by atoms with Gasteiger partial charge in [-0.1, -0.05) is 0 Å². The van der Waals surface area contributed by atoms with Crippen LogP contribution in [0.15, 0.2) is 0 Å². The summed E-state index contributed by atoms with van der Waals surface area (Å²) in [7, 11) is 0.898. The first kappa shape index (κ1) is 16.5. The zero-order valence-corrected chi connectivity index (χ0v) is 10.1. The molecule has 9 heteroatoms. The van der Waals surface area contributed by atoms with Gasteiger partial charge in [-0.15, -0.1) is 0 Å². The Balaban J connectivity index is 2.75. The monoisotopic (exact) mass is 295 g/mol. The van der Waals surface area contributed by atoms with Crippen molar-refractivity contribution < 1.29 is 36.2 Å². The maximum absolute atomic E-state index is 12.9. The first-order valence-corrected chi connectivity index (χ1v) is 5.67. The Kier molecular flexibility index (Phi) is 5.08. The lowest BCUT2D eigenvalue weighted by Crippen LogP contribution is -2.54. The van der Waals surface area contributed by atoms with Crippen LogP contribution in [-0.4, -0.2) is 60.8 Å². The third kappa shape index (κ3) is 4.50. The van der Waals surface area contributed by atoms with Crippen LogP contribution >= 0.6 is 0 Å². The van der Waals surface area contributed by atoms with Crippen molar-refractivity contribution in [3.8, 4) is 0 Å². The molecule has 0 radical (unpaired) electrons. The molecule has 114 valence electrons. The third-order valence-electron chi connectivity index (χ3n) is 2.97. The van der Waals surface area contributed by atoms with Crippen LogP contribution in [0.4, 0.5) is 26.3 Å². The summed E-state index contributed by atoms with van der Waals surface area (Å²) >= 11 is 0. The van der Waals surface area contributed by atoms with Crippen molar-refractivity contribution in [2.45, 2.75) is 43.4 Å². The predicted molar refractivity (Wildman–Crippen MR) is 53.5 cm³/mol. The number of aliphatic hydroxyl groups is 1. The Labute approximate surface area is 106 Å². The van der Waals surface area contributed by atoms with Crippen LogP contribution < -0.4 is 0 Å². The van der Waals surface area contributed by atoms with E-state index in [9.17, 15) is 26.3 Å². The van der Waals surface area contributed by atoms with E-state index in [2.05, 4.69) is 0 Å². The molecular weight excluding hydrogens is 280 g/mol. The summed E-state index contributed by atoms with van der Waals surface area (Å²) in [5.41, 5.74) is 0. The van der Waals surface area contributed by atoms with Gasteiger partial charge in [-0.2, -0.15) is 26.3 Å². The fourth-order valence-corrected chi connectivity index (χ4v) is 2.09. The van der Waals surface area contributed by atoms with E-state index in [1.54, 1.807) is 0 Å². The second kappa shape index (κ2) is 5.84. The molecule has 1 heterocycles. The summed E-state index contributed by atoms with van der Waals surface area (Å²) in [4.78, 5) is 0.453. The minimum Gasteiger partial charge on any atom is -0.382 e. The Morgan fingerprint density at radius 3 is 2.16 bits per heavy atom. The Morgan fingerprint density at radius 2 is 1.79 bits per heavy atom. The number of halogens is 6. The molecule has 19 heavy (non-hydrogen) atoms. The molecule has 3 nitrogen and oxygen atoms in total. The summed E-state index contributed by atoms with van der Waals surface area (Å²) in [5.74, 6) is 0. The van der Waals surface area contributed by atoms with Gasteiger partial charge in [-0.05, 0) is 19.9 Å². The molecule has 1 fully saturated rings. The number of hydrogen-bond acceptors (Lipinski definition) is 3. The molecule has 0 aliphatic carbocycles. The van der Waals surface area contributed by atoms with Crippen molar-refractivity contribution in [3.05, 3.63) is 0 Å². The number of rotatable bonds is 4. The summed E-state index contributed by atoms with van der Waals surface area (Å²) in [5, 5.41) is 8.84. The number of aliphatic hydroxyl groups excluding tert-OH is 1. The van der Waals surface area contributed by atoms with Gasteiger partial charge in [0.1, 0.15) is 6.04 Å². The fraction of sp³-hybridized carbons (Fsp3) is 1.00. The first-order chi connectivity index (χ1) is 8.53. The van der Waals surface area contributed by atoms with Gasteiger partial charge in [-0.3, -0.25) is 4.90 Å². The molecule has 1 rings (SSSR count). The van der Waals surface area contributed by atoms with Gasteiger partial charge in [0.25, 0.3) is 0 Å². The van der Waals surface area contributed by atoms with Crippen molar-refractivity contribution in [2.24, 2.45) is 0 Å². The van der Waals surface area contributed by atoms with Crippen LogP contribution in [0.3, 0.4) is 0 Å². The molecule has 0 amide bonds. The van der Waals surface area contributed by atoms with E-state index < -0.39 is 37.1 Å². The molecular formula is C10H15F6NO2. The lowest BCUT2D eigenvalue weighted by atomic mass is 10.1. The highest BCUT2D eigenvalue weighted by atomic mass is 19.4. The lowest BCUT2D eigenvalue weighted by Gasteiger charge is -2.34. The SMILES string of the molecule is CN(CC(O)C(F)(F)F)C(C1CCCO1)C(F)(F)F. The maximum atomic E-state index is 12.9. The summed E-state index contributed by atoms with van der Waals surface area (Å²) in [6.07, 6.45) is -13.1. The van der Waals surface area contributed by atoms with Gasteiger partial charge in [0.2, 0.25) is 0 Å². The van der Waals surface area contributed by atoms with E-state index in [-0.39, 0.29) is 13.0 Å². The number of likely N-dealkylation sites (N-methyl/N-ethyl adjacent to an activating group) is 1. The molecule has 0 spiro atoms. The molecule has 0 bridgehead atoms. The molecule has 3 unspecified atom stereocenters. The van der Waals surface area contributed by atoms with Gasteiger partial charge in [0.15, 0.2) is 6.10 Å². The molecule has 0 aromatic rings. The normalized spacial score (nSPS) is 24.8. The second-order valence-electron chi connectivity index (χ2n) is 4.53.